The van der Waals surface area contributed by atoms with Crippen LogP contribution in [-0.2, 0) is 19.8 Å². The third-order valence-corrected chi connectivity index (χ3v) is 0. The zero-order valence-electron chi connectivity index (χ0n) is 1.86. The average Bonchev–Trinajstić information content (AvgIpc) is 1.00. The van der Waals surface area contributed by atoms with E-state index < -0.39 is 0 Å². The molecule has 1 nitrogen and oxygen atoms in total. The average molecular weight is 446 g/mol. The summed E-state index contributed by atoms with van der Waals surface area (Å²) in [5.74, 6) is 0. The van der Waals surface area contributed by atoms with E-state index >= 15 is 0 Å². The summed E-state index contributed by atoms with van der Waals surface area (Å²) in [4.78, 5) is 0. The molecule has 0 spiro atoms. The Kier molecular flexibility index (Phi) is 107. The van der Waals surface area contributed by atoms with Gasteiger partial charge in [0.05, 0.1) is 0 Å². The van der Waals surface area contributed by atoms with Crippen LogP contribution in [-0.4, -0.2) is 45.5 Å². The maximum absolute atomic E-state index is 8.06. The van der Waals surface area contributed by atoms with E-state index in [1.165, 1.54) is 0 Å². The quantitative estimate of drug-likeness (QED) is 0.436. The first kappa shape index (κ1) is 22.7. The molecule has 0 saturated carbocycles. The van der Waals surface area contributed by atoms with Gasteiger partial charge in [-0.1, -0.05) is 0 Å². The van der Waals surface area contributed by atoms with Crippen LogP contribution in [0.2, 0.25) is 0 Å². The fourth-order valence-corrected chi connectivity index (χ4v) is 0. The van der Waals surface area contributed by atoms with Gasteiger partial charge in [0, 0.05) is 82.1 Å². The molecule has 0 amide bonds. The molecule has 24 valence electrons. The van der Waals surface area contributed by atoms with Crippen molar-refractivity contribution >= 4 is 45.5 Å². The summed E-state index contributed by atoms with van der Waals surface area (Å²) in [5, 5.41) is 0. The Balaban J connectivity index is -0.00000000167. The van der Waals surface area contributed by atoms with E-state index in [-0.39, 0.29) is 128 Å². The van der Waals surface area contributed by atoms with Gasteiger partial charge >= 0.3 is 65.3 Å². The van der Waals surface area contributed by atoms with Crippen molar-refractivity contribution in [2.75, 3.05) is 0 Å². The van der Waals surface area contributed by atoms with E-state index in [1.54, 1.807) is 15.9 Å². The first-order chi connectivity index (χ1) is 1.00. The Hall–Kier alpha value is 4.51. The molecule has 0 heterocycles. The van der Waals surface area contributed by atoms with Gasteiger partial charge in [0.15, 0.2) is 0 Å². The van der Waals surface area contributed by atoms with E-state index in [0.717, 1.165) is 0 Å². The first-order valence-corrected chi connectivity index (χ1v) is 0.636. The van der Waals surface area contributed by atoms with Crippen LogP contribution in [0.15, 0.2) is 0 Å². The molecule has 5 heavy (non-hydrogen) atoms. The molecule has 0 aliphatic carbocycles. The van der Waals surface area contributed by atoms with Crippen molar-refractivity contribution in [3.05, 3.63) is 0 Å². The van der Waals surface area contributed by atoms with Crippen LogP contribution in [0.1, 0.15) is 0 Å². The van der Waals surface area contributed by atoms with Crippen molar-refractivity contribution in [1.29, 1.82) is 0 Å². The van der Waals surface area contributed by atoms with E-state index in [2.05, 4.69) is 0 Å². The van der Waals surface area contributed by atoms with Crippen LogP contribution in [0.5, 0.6) is 0 Å². The molecule has 0 aromatic rings. The van der Waals surface area contributed by atoms with Crippen molar-refractivity contribution < 1.29 is 102 Å². The van der Waals surface area contributed by atoms with Crippen molar-refractivity contribution in [1.82, 2.24) is 0 Å². The molecule has 0 rings (SSSR count). The number of hydrogen-bond acceptors (Lipinski definition) is 1. The zero-order valence-corrected chi connectivity index (χ0v) is 9.96. The Labute approximate surface area is 143 Å². The van der Waals surface area contributed by atoms with Crippen LogP contribution in [0.4, 0.5) is 0 Å². The summed E-state index contributed by atoms with van der Waals surface area (Å²) in [6, 6.07) is 0. The molecule has 1 radical (unpaired) electrons. The molecule has 0 aliphatic heterocycles. The topological polar surface area (TPSA) is 17.1 Å². The van der Waals surface area contributed by atoms with Gasteiger partial charge in [0.25, 0.3) is 0 Å². The Bertz CT molecular complexity index is 11.6. The summed E-state index contributed by atoms with van der Waals surface area (Å²) in [5.41, 5.74) is 0. The third kappa shape index (κ3) is 17.7. The van der Waals surface area contributed by atoms with Gasteiger partial charge in [-0.2, -0.15) is 0 Å². The van der Waals surface area contributed by atoms with Gasteiger partial charge in [-0.05, 0) is 0 Å². The van der Waals surface area contributed by atoms with Crippen LogP contribution < -0.4 is 0 Å². The second-order valence-electron chi connectivity index (χ2n) is 0. The summed E-state index contributed by atoms with van der Waals surface area (Å²) in [6.45, 7) is 0. The van der Waals surface area contributed by atoms with E-state index in [4.69, 9.17) is 3.83 Å². The molecule has 0 bridgehead atoms. The van der Waals surface area contributed by atoms with Crippen molar-refractivity contribution in [2.45, 2.75) is 0 Å². The Morgan fingerprint density at radius 3 is 1.20 bits per heavy atom. The van der Waals surface area contributed by atoms with Crippen LogP contribution >= 0.6 is 0 Å². The van der Waals surface area contributed by atoms with E-state index in [1.807, 2.05) is 0 Å². The monoisotopic (exact) mass is 444 g/mol. The predicted octanol–water partition coefficient (Wildman–Crippen LogP) is -1.04. The van der Waals surface area contributed by atoms with Crippen molar-refractivity contribution in [2.24, 2.45) is 0 Å². The Morgan fingerprint density at radius 1 is 1.20 bits per heavy atom. The van der Waals surface area contributed by atoms with Gasteiger partial charge in [-0.25, -0.2) is 0 Å². The number of hydrogen-bond donors (Lipinski definition) is 0. The van der Waals surface area contributed by atoms with E-state index in [9.17, 15) is 0 Å². The molecule has 0 aliphatic rings. The van der Waals surface area contributed by atoms with Crippen LogP contribution in [0, 0.1) is 82.1 Å². The maximum atomic E-state index is 8.06. The Morgan fingerprint density at radius 2 is 1.20 bits per heavy atom. The summed E-state index contributed by atoms with van der Waals surface area (Å²) in [7, 11) is 0. The standard InChI is InChI=1S/Mn.Nd.O.Pr.Sr.2H. The molecule has 0 fully saturated rings. The molecule has 0 N–H and O–H groups in total. The molecule has 0 aromatic heterocycles. The fourth-order valence-electron chi connectivity index (χ4n) is 0. The number of rotatable bonds is 0. The van der Waals surface area contributed by atoms with Crippen LogP contribution in [0.25, 0.3) is 0 Å². The molecule has 0 unspecified atom stereocenters. The normalized spacial score (nSPS) is 0.800. The molecule has 0 saturated heterocycles. The van der Waals surface area contributed by atoms with Gasteiger partial charge < -0.3 is 0 Å². The first-order valence-electron chi connectivity index (χ1n) is 0.154. The molecule has 5 heteroatoms. The van der Waals surface area contributed by atoms with Crippen molar-refractivity contribution in [3.8, 4) is 0 Å². The minimum absolute atomic E-state index is 0. The van der Waals surface area contributed by atoms with E-state index in [0.29, 0.717) is 0 Å². The zero-order chi connectivity index (χ0) is 2.00. The molecular weight excluding hydrogens is 444 g/mol. The second-order valence-corrected chi connectivity index (χ2v) is 0. The summed E-state index contributed by atoms with van der Waals surface area (Å²) in [6.07, 6.45) is 0. The molecule has 0 aromatic carbocycles. The summed E-state index contributed by atoms with van der Waals surface area (Å²) >= 11 is 1.69. The third-order valence-electron chi connectivity index (χ3n) is 0. The summed E-state index contributed by atoms with van der Waals surface area (Å²) < 4.78 is 8.06. The van der Waals surface area contributed by atoms with Gasteiger partial charge in [-0.15, -0.1) is 0 Å². The SMILES string of the molecule is [Nd].[O]=[Mn].[Pr].[SrH2]. The molecular formula is H2MnNdOPrSr. The molecule has 0 atom stereocenters. The van der Waals surface area contributed by atoms with Crippen LogP contribution in [0.3, 0.4) is 0 Å². The predicted molar refractivity (Wildman–Crippen MR) is 9.23 cm³/mol. The van der Waals surface area contributed by atoms with Gasteiger partial charge in [0.2, 0.25) is 0 Å². The second kappa shape index (κ2) is 23.6. The van der Waals surface area contributed by atoms with Gasteiger partial charge in [-0.3, -0.25) is 0 Å². The van der Waals surface area contributed by atoms with Crippen molar-refractivity contribution in [3.63, 3.8) is 0 Å². The van der Waals surface area contributed by atoms with Gasteiger partial charge in [0.1, 0.15) is 0 Å². The minimum atomic E-state index is 0. The fraction of sp³-hybridized carbons (Fsp3) is 0.